The lowest BCUT2D eigenvalue weighted by molar-refractivity contribution is -0.124. The SMILES string of the molecule is COc1cccc(C(C)NC(=O)COC(=O)c2ccc(OC)c(F)c2)c1. The third-order valence-corrected chi connectivity index (χ3v) is 3.69. The molecule has 0 aromatic heterocycles. The summed E-state index contributed by atoms with van der Waals surface area (Å²) in [6.07, 6.45) is 0. The van der Waals surface area contributed by atoms with Crippen LogP contribution >= 0.6 is 0 Å². The minimum Gasteiger partial charge on any atom is -0.497 e. The Morgan fingerprint density at radius 3 is 2.54 bits per heavy atom. The summed E-state index contributed by atoms with van der Waals surface area (Å²) in [5.74, 6) is -1.25. The zero-order valence-electron chi connectivity index (χ0n) is 14.7. The van der Waals surface area contributed by atoms with E-state index in [-0.39, 0.29) is 17.4 Å². The van der Waals surface area contributed by atoms with Crippen LogP contribution in [0.5, 0.6) is 11.5 Å². The van der Waals surface area contributed by atoms with Gasteiger partial charge in [0.1, 0.15) is 5.75 Å². The number of nitrogens with one attached hydrogen (secondary N) is 1. The van der Waals surface area contributed by atoms with Crippen LogP contribution in [-0.2, 0) is 9.53 Å². The highest BCUT2D eigenvalue weighted by Crippen LogP contribution is 2.19. The van der Waals surface area contributed by atoms with E-state index < -0.39 is 24.3 Å². The van der Waals surface area contributed by atoms with Crippen molar-refractivity contribution in [2.24, 2.45) is 0 Å². The number of esters is 1. The predicted molar refractivity (Wildman–Crippen MR) is 92.8 cm³/mol. The van der Waals surface area contributed by atoms with Crippen molar-refractivity contribution in [3.05, 3.63) is 59.4 Å². The van der Waals surface area contributed by atoms with Crippen molar-refractivity contribution in [3.63, 3.8) is 0 Å². The van der Waals surface area contributed by atoms with Crippen LogP contribution in [-0.4, -0.2) is 32.7 Å². The van der Waals surface area contributed by atoms with Gasteiger partial charge in [-0.2, -0.15) is 0 Å². The molecule has 2 aromatic rings. The first-order valence-electron chi connectivity index (χ1n) is 7.88. The van der Waals surface area contributed by atoms with Gasteiger partial charge in [-0.1, -0.05) is 12.1 Å². The van der Waals surface area contributed by atoms with Crippen LogP contribution in [0.1, 0.15) is 28.9 Å². The van der Waals surface area contributed by atoms with Gasteiger partial charge in [0, 0.05) is 0 Å². The van der Waals surface area contributed by atoms with Crippen LogP contribution in [0.4, 0.5) is 4.39 Å². The highest BCUT2D eigenvalue weighted by Gasteiger charge is 2.15. The Morgan fingerprint density at radius 1 is 1.12 bits per heavy atom. The van der Waals surface area contributed by atoms with E-state index in [0.29, 0.717) is 5.75 Å². The van der Waals surface area contributed by atoms with Crippen LogP contribution in [0.3, 0.4) is 0 Å². The molecule has 138 valence electrons. The van der Waals surface area contributed by atoms with Crippen LogP contribution in [0.25, 0.3) is 0 Å². The third kappa shape index (κ3) is 4.95. The van der Waals surface area contributed by atoms with Gasteiger partial charge >= 0.3 is 5.97 Å². The number of ether oxygens (including phenoxy) is 3. The average Bonchev–Trinajstić information content (AvgIpc) is 2.66. The van der Waals surface area contributed by atoms with Crippen LogP contribution in [0, 0.1) is 5.82 Å². The Hall–Kier alpha value is -3.09. The molecule has 0 saturated heterocycles. The molecule has 0 aliphatic heterocycles. The summed E-state index contributed by atoms with van der Waals surface area (Å²) in [5.41, 5.74) is 0.846. The molecule has 6 nitrogen and oxygen atoms in total. The molecule has 2 rings (SSSR count). The summed E-state index contributed by atoms with van der Waals surface area (Å²) in [6, 6.07) is 10.6. The summed E-state index contributed by atoms with van der Waals surface area (Å²) in [7, 11) is 2.88. The molecule has 7 heteroatoms. The summed E-state index contributed by atoms with van der Waals surface area (Å²) in [6.45, 7) is 1.33. The first-order chi connectivity index (χ1) is 12.4. The standard InChI is InChI=1S/C19H20FNO5/c1-12(13-5-4-6-15(9-13)24-2)21-18(22)11-26-19(23)14-7-8-17(25-3)16(20)10-14/h4-10,12H,11H2,1-3H3,(H,21,22). The first-order valence-corrected chi connectivity index (χ1v) is 7.88. The molecule has 0 heterocycles. The topological polar surface area (TPSA) is 73.9 Å². The quantitative estimate of drug-likeness (QED) is 0.768. The molecule has 1 N–H and O–H groups in total. The molecule has 1 atom stereocenters. The number of hydrogen-bond donors (Lipinski definition) is 1. The van der Waals surface area contributed by atoms with E-state index in [1.54, 1.807) is 26.2 Å². The monoisotopic (exact) mass is 361 g/mol. The zero-order valence-corrected chi connectivity index (χ0v) is 14.7. The molecule has 0 aliphatic carbocycles. The van der Waals surface area contributed by atoms with E-state index in [2.05, 4.69) is 5.32 Å². The highest BCUT2D eigenvalue weighted by molar-refractivity contribution is 5.91. The molecule has 2 aromatic carbocycles. The van der Waals surface area contributed by atoms with E-state index in [4.69, 9.17) is 14.2 Å². The Balaban J connectivity index is 1.89. The van der Waals surface area contributed by atoms with Gasteiger partial charge < -0.3 is 19.5 Å². The van der Waals surface area contributed by atoms with Gasteiger partial charge in [0.25, 0.3) is 5.91 Å². The Labute approximate surface area is 150 Å². The number of carbonyl (C=O) groups is 2. The number of methoxy groups -OCH3 is 2. The van der Waals surface area contributed by atoms with E-state index in [0.717, 1.165) is 11.6 Å². The van der Waals surface area contributed by atoms with Crippen LogP contribution in [0.15, 0.2) is 42.5 Å². The van der Waals surface area contributed by atoms with Crippen LogP contribution in [0.2, 0.25) is 0 Å². The molecule has 0 radical (unpaired) electrons. The van der Waals surface area contributed by atoms with E-state index >= 15 is 0 Å². The van der Waals surface area contributed by atoms with Crippen molar-refractivity contribution in [3.8, 4) is 11.5 Å². The lowest BCUT2D eigenvalue weighted by Crippen LogP contribution is -2.31. The fourth-order valence-corrected chi connectivity index (χ4v) is 2.29. The lowest BCUT2D eigenvalue weighted by atomic mass is 10.1. The summed E-state index contributed by atoms with van der Waals surface area (Å²) >= 11 is 0. The van der Waals surface area contributed by atoms with E-state index in [1.807, 2.05) is 12.1 Å². The van der Waals surface area contributed by atoms with Crippen molar-refractivity contribution in [2.45, 2.75) is 13.0 Å². The first kappa shape index (κ1) is 19.2. The maximum atomic E-state index is 13.6. The number of hydrogen-bond acceptors (Lipinski definition) is 5. The van der Waals surface area contributed by atoms with Gasteiger partial charge in [0.05, 0.1) is 25.8 Å². The number of amides is 1. The molecular weight excluding hydrogens is 341 g/mol. The molecule has 0 fully saturated rings. The normalized spacial score (nSPS) is 11.4. The largest absolute Gasteiger partial charge is 0.497 e. The fraction of sp³-hybridized carbons (Fsp3) is 0.263. The van der Waals surface area contributed by atoms with Gasteiger partial charge in [0.15, 0.2) is 18.2 Å². The summed E-state index contributed by atoms with van der Waals surface area (Å²) in [5, 5.41) is 2.72. The Bertz CT molecular complexity index is 793. The second-order valence-corrected chi connectivity index (χ2v) is 5.49. The molecule has 1 amide bonds. The molecule has 0 spiro atoms. The van der Waals surface area contributed by atoms with Gasteiger partial charge in [0.2, 0.25) is 0 Å². The van der Waals surface area contributed by atoms with Crippen molar-refractivity contribution in [1.29, 1.82) is 0 Å². The Morgan fingerprint density at radius 2 is 1.88 bits per heavy atom. The maximum Gasteiger partial charge on any atom is 0.338 e. The third-order valence-electron chi connectivity index (χ3n) is 3.69. The molecule has 0 bridgehead atoms. The number of benzene rings is 2. The number of rotatable bonds is 7. The van der Waals surface area contributed by atoms with Gasteiger partial charge in [-0.15, -0.1) is 0 Å². The molecular formula is C19H20FNO5. The summed E-state index contributed by atoms with van der Waals surface area (Å²) < 4.78 is 28.4. The lowest BCUT2D eigenvalue weighted by Gasteiger charge is -2.15. The minimum atomic E-state index is -0.796. The zero-order chi connectivity index (χ0) is 19.1. The summed E-state index contributed by atoms with van der Waals surface area (Å²) in [4.78, 5) is 23.9. The molecule has 0 aliphatic rings. The number of carbonyl (C=O) groups excluding carboxylic acids is 2. The van der Waals surface area contributed by atoms with Gasteiger partial charge in [-0.3, -0.25) is 4.79 Å². The number of halogens is 1. The minimum absolute atomic E-state index is 0.00283. The van der Waals surface area contributed by atoms with Crippen LogP contribution < -0.4 is 14.8 Å². The molecule has 26 heavy (non-hydrogen) atoms. The Kier molecular flexibility index (Phi) is 6.54. The molecule has 1 unspecified atom stereocenters. The average molecular weight is 361 g/mol. The second kappa shape index (κ2) is 8.84. The van der Waals surface area contributed by atoms with Gasteiger partial charge in [-0.05, 0) is 42.8 Å². The molecule has 0 saturated carbocycles. The fourth-order valence-electron chi connectivity index (χ4n) is 2.29. The van der Waals surface area contributed by atoms with Crippen molar-refractivity contribution in [2.75, 3.05) is 20.8 Å². The maximum absolute atomic E-state index is 13.6. The van der Waals surface area contributed by atoms with E-state index in [9.17, 15) is 14.0 Å². The highest BCUT2D eigenvalue weighted by atomic mass is 19.1. The second-order valence-electron chi connectivity index (χ2n) is 5.49. The predicted octanol–water partition coefficient (Wildman–Crippen LogP) is 2.88. The van der Waals surface area contributed by atoms with Gasteiger partial charge in [-0.25, -0.2) is 9.18 Å². The van der Waals surface area contributed by atoms with E-state index in [1.165, 1.54) is 19.2 Å². The van der Waals surface area contributed by atoms with Crippen molar-refractivity contribution in [1.82, 2.24) is 5.32 Å². The van der Waals surface area contributed by atoms with Crippen molar-refractivity contribution < 1.29 is 28.2 Å². The van der Waals surface area contributed by atoms with Crippen molar-refractivity contribution >= 4 is 11.9 Å². The smallest absolute Gasteiger partial charge is 0.338 e.